The van der Waals surface area contributed by atoms with Crippen LogP contribution in [0.3, 0.4) is 0 Å². The Morgan fingerprint density at radius 3 is 2.60 bits per heavy atom. The Morgan fingerprint density at radius 2 is 1.95 bits per heavy atom. The summed E-state index contributed by atoms with van der Waals surface area (Å²) >= 11 is 0. The molecule has 1 amide bonds. The molecule has 2 rings (SSSR count). The van der Waals surface area contributed by atoms with Crippen LogP contribution in [-0.2, 0) is 6.42 Å². The van der Waals surface area contributed by atoms with Gasteiger partial charge in [0.1, 0.15) is 5.82 Å². The molecule has 6 heteroatoms. The SMILES string of the molecule is CCNC(=O)c1ccc(NCCc2ccncc2)nn1. The molecule has 0 saturated carbocycles. The zero-order valence-corrected chi connectivity index (χ0v) is 11.3. The summed E-state index contributed by atoms with van der Waals surface area (Å²) in [6.07, 6.45) is 4.43. The van der Waals surface area contributed by atoms with Crippen molar-refractivity contribution in [3.05, 3.63) is 47.9 Å². The van der Waals surface area contributed by atoms with Crippen molar-refractivity contribution < 1.29 is 4.79 Å². The Labute approximate surface area is 117 Å². The summed E-state index contributed by atoms with van der Waals surface area (Å²) in [6, 6.07) is 7.37. The highest BCUT2D eigenvalue weighted by Gasteiger charge is 2.06. The van der Waals surface area contributed by atoms with Gasteiger partial charge in [-0.2, -0.15) is 0 Å². The van der Waals surface area contributed by atoms with Gasteiger partial charge in [0.05, 0.1) is 0 Å². The number of hydrogen-bond donors (Lipinski definition) is 2. The molecule has 0 aliphatic carbocycles. The van der Waals surface area contributed by atoms with Gasteiger partial charge in [0, 0.05) is 25.5 Å². The lowest BCUT2D eigenvalue weighted by Crippen LogP contribution is -2.24. The average molecular weight is 271 g/mol. The Balaban J connectivity index is 1.83. The molecule has 20 heavy (non-hydrogen) atoms. The second kappa shape index (κ2) is 7.18. The maximum atomic E-state index is 11.5. The third kappa shape index (κ3) is 4.01. The Bertz CT molecular complexity index is 541. The molecule has 0 aromatic carbocycles. The van der Waals surface area contributed by atoms with Crippen molar-refractivity contribution in [1.82, 2.24) is 20.5 Å². The molecule has 0 spiro atoms. The molecular formula is C14H17N5O. The fraction of sp³-hybridized carbons (Fsp3) is 0.286. The van der Waals surface area contributed by atoms with E-state index in [1.54, 1.807) is 24.5 Å². The third-order valence-corrected chi connectivity index (χ3v) is 2.70. The summed E-state index contributed by atoms with van der Waals surface area (Å²) in [5, 5.41) is 13.7. The molecule has 2 aromatic heterocycles. The number of nitrogens with one attached hydrogen (secondary N) is 2. The average Bonchev–Trinajstić information content (AvgIpc) is 2.49. The molecule has 104 valence electrons. The number of hydrogen-bond acceptors (Lipinski definition) is 5. The number of rotatable bonds is 6. The fourth-order valence-electron chi connectivity index (χ4n) is 1.68. The minimum Gasteiger partial charge on any atom is -0.368 e. The summed E-state index contributed by atoms with van der Waals surface area (Å²) in [4.78, 5) is 15.5. The van der Waals surface area contributed by atoms with Gasteiger partial charge in [-0.15, -0.1) is 10.2 Å². The van der Waals surface area contributed by atoms with Crippen molar-refractivity contribution >= 4 is 11.7 Å². The van der Waals surface area contributed by atoms with E-state index in [4.69, 9.17) is 0 Å². The molecule has 0 saturated heterocycles. The Hall–Kier alpha value is -2.50. The number of nitrogens with zero attached hydrogens (tertiary/aromatic N) is 3. The lowest BCUT2D eigenvalue weighted by Gasteiger charge is -2.05. The van der Waals surface area contributed by atoms with Gasteiger partial charge in [-0.3, -0.25) is 9.78 Å². The summed E-state index contributed by atoms with van der Waals surface area (Å²) in [5.41, 5.74) is 1.53. The second-order valence-electron chi connectivity index (χ2n) is 4.20. The van der Waals surface area contributed by atoms with Crippen LogP contribution in [0.15, 0.2) is 36.7 Å². The second-order valence-corrected chi connectivity index (χ2v) is 4.20. The van der Waals surface area contributed by atoms with E-state index in [1.165, 1.54) is 5.56 Å². The van der Waals surface area contributed by atoms with Gasteiger partial charge in [0.25, 0.3) is 5.91 Å². The highest BCUT2D eigenvalue weighted by Crippen LogP contribution is 2.03. The molecule has 0 aliphatic heterocycles. The van der Waals surface area contributed by atoms with Crippen molar-refractivity contribution in [1.29, 1.82) is 0 Å². The maximum absolute atomic E-state index is 11.5. The van der Waals surface area contributed by atoms with E-state index in [-0.39, 0.29) is 5.91 Å². The van der Waals surface area contributed by atoms with Crippen LogP contribution in [0, 0.1) is 0 Å². The maximum Gasteiger partial charge on any atom is 0.271 e. The van der Waals surface area contributed by atoms with Crippen LogP contribution in [0.5, 0.6) is 0 Å². The van der Waals surface area contributed by atoms with Gasteiger partial charge < -0.3 is 10.6 Å². The van der Waals surface area contributed by atoms with Gasteiger partial charge in [-0.05, 0) is 43.2 Å². The first-order valence-electron chi connectivity index (χ1n) is 6.54. The number of amides is 1. The van der Waals surface area contributed by atoms with Crippen molar-refractivity contribution in [3.8, 4) is 0 Å². The van der Waals surface area contributed by atoms with Crippen LogP contribution in [0.4, 0.5) is 5.82 Å². The molecule has 2 N–H and O–H groups in total. The topological polar surface area (TPSA) is 79.8 Å². The molecule has 0 fully saturated rings. The molecule has 0 bridgehead atoms. The monoisotopic (exact) mass is 271 g/mol. The van der Waals surface area contributed by atoms with Gasteiger partial charge >= 0.3 is 0 Å². The Kier molecular flexibility index (Phi) is 5.00. The number of carbonyl (C=O) groups is 1. The predicted octanol–water partition coefficient (Wildman–Crippen LogP) is 1.28. The largest absolute Gasteiger partial charge is 0.368 e. The first kappa shape index (κ1) is 13.9. The summed E-state index contributed by atoms with van der Waals surface area (Å²) in [5.74, 6) is 0.454. The number of pyridine rings is 1. The summed E-state index contributed by atoms with van der Waals surface area (Å²) < 4.78 is 0. The molecule has 0 radical (unpaired) electrons. The normalized spacial score (nSPS) is 10.1. The quantitative estimate of drug-likeness (QED) is 0.827. The van der Waals surface area contributed by atoms with Gasteiger partial charge in [0.2, 0.25) is 0 Å². The summed E-state index contributed by atoms with van der Waals surface area (Å²) in [7, 11) is 0. The molecule has 2 aromatic rings. The zero-order valence-electron chi connectivity index (χ0n) is 11.3. The van der Waals surface area contributed by atoms with Crippen molar-refractivity contribution in [3.63, 3.8) is 0 Å². The highest BCUT2D eigenvalue weighted by molar-refractivity contribution is 5.92. The highest BCUT2D eigenvalue weighted by atomic mass is 16.1. The van der Waals surface area contributed by atoms with E-state index in [1.807, 2.05) is 19.1 Å². The lowest BCUT2D eigenvalue weighted by atomic mass is 10.2. The van der Waals surface area contributed by atoms with E-state index < -0.39 is 0 Å². The standard InChI is InChI=1S/C14H17N5O/c1-2-16-14(20)12-3-4-13(19-18-12)17-10-7-11-5-8-15-9-6-11/h3-6,8-9H,2,7,10H2,1H3,(H,16,20)(H,17,19). The summed E-state index contributed by atoms with van der Waals surface area (Å²) in [6.45, 7) is 3.19. The van der Waals surface area contributed by atoms with Crippen molar-refractivity contribution in [2.45, 2.75) is 13.3 Å². The molecule has 0 aliphatic rings. The van der Waals surface area contributed by atoms with Gasteiger partial charge in [-0.1, -0.05) is 0 Å². The van der Waals surface area contributed by atoms with E-state index in [2.05, 4.69) is 25.8 Å². The number of aromatic nitrogens is 3. The van der Waals surface area contributed by atoms with E-state index in [9.17, 15) is 4.79 Å². The van der Waals surface area contributed by atoms with Gasteiger partial charge in [0.15, 0.2) is 5.69 Å². The molecule has 6 nitrogen and oxygen atoms in total. The van der Waals surface area contributed by atoms with Crippen molar-refractivity contribution in [2.75, 3.05) is 18.4 Å². The van der Waals surface area contributed by atoms with Crippen LogP contribution in [-0.4, -0.2) is 34.2 Å². The van der Waals surface area contributed by atoms with Crippen LogP contribution < -0.4 is 10.6 Å². The van der Waals surface area contributed by atoms with E-state index in [0.717, 1.165) is 13.0 Å². The van der Waals surface area contributed by atoms with Crippen molar-refractivity contribution in [2.24, 2.45) is 0 Å². The zero-order chi connectivity index (χ0) is 14.2. The lowest BCUT2D eigenvalue weighted by molar-refractivity contribution is 0.0950. The minimum absolute atomic E-state index is 0.205. The minimum atomic E-state index is -0.205. The van der Waals surface area contributed by atoms with Gasteiger partial charge in [-0.25, -0.2) is 0 Å². The van der Waals surface area contributed by atoms with Crippen LogP contribution in [0.25, 0.3) is 0 Å². The third-order valence-electron chi connectivity index (χ3n) is 2.70. The van der Waals surface area contributed by atoms with Crippen LogP contribution in [0.1, 0.15) is 23.0 Å². The fourth-order valence-corrected chi connectivity index (χ4v) is 1.68. The molecule has 2 heterocycles. The number of anilines is 1. The Morgan fingerprint density at radius 1 is 1.15 bits per heavy atom. The van der Waals surface area contributed by atoms with Crippen LogP contribution in [0.2, 0.25) is 0 Å². The van der Waals surface area contributed by atoms with E-state index in [0.29, 0.717) is 18.1 Å². The van der Waals surface area contributed by atoms with Crippen LogP contribution >= 0.6 is 0 Å². The molecular weight excluding hydrogens is 254 g/mol. The number of carbonyl (C=O) groups excluding carboxylic acids is 1. The smallest absolute Gasteiger partial charge is 0.271 e. The first-order valence-corrected chi connectivity index (χ1v) is 6.54. The molecule has 0 unspecified atom stereocenters. The van der Waals surface area contributed by atoms with E-state index >= 15 is 0 Å². The predicted molar refractivity (Wildman–Crippen MR) is 76.5 cm³/mol. The first-order chi connectivity index (χ1) is 9.79. The molecule has 0 atom stereocenters.